The maximum atomic E-state index is 11.7. The average Bonchev–Trinajstić information content (AvgIpc) is 3.21. The van der Waals surface area contributed by atoms with Crippen LogP contribution in [-0.4, -0.2) is 70.2 Å². The third kappa shape index (κ3) is 5.84. The highest BCUT2D eigenvalue weighted by Gasteiger charge is 2.28. The molecule has 0 aromatic carbocycles. The van der Waals surface area contributed by atoms with E-state index in [1.165, 1.54) is 25.7 Å². The Labute approximate surface area is 152 Å². The Balaban J connectivity index is 1.59. The molecule has 0 radical (unpaired) electrons. The van der Waals surface area contributed by atoms with E-state index < -0.39 is 9.84 Å². The lowest BCUT2D eigenvalue weighted by Crippen LogP contribution is -2.46. The number of nitrogens with one attached hydrogen (secondary N) is 1. The van der Waals surface area contributed by atoms with Gasteiger partial charge in [-0.3, -0.25) is 4.99 Å². The minimum absolute atomic E-state index is 0.182. The van der Waals surface area contributed by atoms with Gasteiger partial charge in [0.05, 0.1) is 11.5 Å². The molecule has 6 nitrogen and oxygen atoms in total. The van der Waals surface area contributed by atoms with E-state index in [-0.39, 0.29) is 5.92 Å². The lowest BCUT2D eigenvalue weighted by molar-refractivity contribution is 0.0609. The van der Waals surface area contributed by atoms with E-state index in [0.29, 0.717) is 30.0 Å². The first-order valence-corrected chi connectivity index (χ1v) is 11.6. The van der Waals surface area contributed by atoms with Crippen molar-refractivity contribution in [3.63, 3.8) is 0 Å². The Morgan fingerprint density at radius 2 is 1.84 bits per heavy atom. The fourth-order valence-corrected chi connectivity index (χ4v) is 6.01. The first-order chi connectivity index (χ1) is 12.0. The first kappa shape index (κ1) is 19.0. The minimum atomic E-state index is -2.83. The molecule has 1 aliphatic carbocycles. The summed E-state index contributed by atoms with van der Waals surface area (Å²) in [5, 5.41) is 3.65. The van der Waals surface area contributed by atoms with Crippen LogP contribution in [0.4, 0.5) is 0 Å². The van der Waals surface area contributed by atoms with Crippen molar-refractivity contribution in [1.29, 1.82) is 0 Å². The fraction of sp³-hybridized carbons (Fsp3) is 0.944. The van der Waals surface area contributed by atoms with E-state index in [0.717, 1.165) is 45.0 Å². The summed E-state index contributed by atoms with van der Waals surface area (Å²) in [6.45, 7) is 3.33. The van der Waals surface area contributed by atoms with Gasteiger partial charge >= 0.3 is 0 Å². The fourth-order valence-electron chi connectivity index (χ4n) is 4.16. The smallest absolute Gasteiger partial charge is 0.193 e. The van der Waals surface area contributed by atoms with Crippen LogP contribution in [0.25, 0.3) is 0 Å². The molecule has 1 N–H and O–H groups in total. The quantitative estimate of drug-likeness (QED) is 0.588. The molecule has 3 rings (SSSR count). The topological polar surface area (TPSA) is 71.0 Å². The van der Waals surface area contributed by atoms with Crippen LogP contribution >= 0.6 is 0 Å². The Hall–Kier alpha value is -0.820. The third-order valence-electron chi connectivity index (χ3n) is 5.75. The molecule has 25 heavy (non-hydrogen) atoms. The van der Waals surface area contributed by atoms with Gasteiger partial charge in [-0.15, -0.1) is 0 Å². The Morgan fingerprint density at radius 3 is 2.48 bits per heavy atom. The molecule has 1 unspecified atom stereocenters. The van der Waals surface area contributed by atoms with E-state index in [9.17, 15) is 8.42 Å². The van der Waals surface area contributed by atoms with E-state index in [4.69, 9.17) is 9.73 Å². The van der Waals surface area contributed by atoms with Crippen molar-refractivity contribution in [2.45, 2.75) is 51.0 Å². The van der Waals surface area contributed by atoms with Gasteiger partial charge in [-0.05, 0) is 43.9 Å². The molecule has 0 amide bonds. The molecule has 0 aromatic heterocycles. The number of sulfone groups is 1. The molecule has 144 valence electrons. The van der Waals surface area contributed by atoms with Crippen molar-refractivity contribution in [1.82, 2.24) is 10.2 Å². The zero-order chi connectivity index (χ0) is 17.7. The molecule has 1 saturated carbocycles. The molecule has 0 aromatic rings. The van der Waals surface area contributed by atoms with Gasteiger partial charge in [0, 0.05) is 39.4 Å². The molecular formula is C18H33N3O3S. The number of nitrogens with zero attached hydrogens (tertiary/aromatic N) is 2. The van der Waals surface area contributed by atoms with Crippen LogP contribution in [0.1, 0.15) is 44.9 Å². The molecule has 1 atom stereocenters. The molecule has 2 heterocycles. The average molecular weight is 372 g/mol. The Kier molecular flexibility index (Phi) is 6.61. The molecule has 2 saturated heterocycles. The lowest BCUT2D eigenvalue weighted by Gasteiger charge is -2.31. The molecule has 2 aliphatic heterocycles. The second-order valence-corrected chi connectivity index (χ2v) is 10.2. The van der Waals surface area contributed by atoms with E-state index in [1.807, 2.05) is 0 Å². The van der Waals surface area contributed by atoms with Crippen molar-refractivity contribution in [3.05, 3.63) is 0 Å². The van der Waals surface area contributed by atoms with E-state index in [1.54, 1.807) is 0 Å². The second kappa shape index (κ2) is 8.71. The van der Waals surface area contributed by atoms with Crippen molar-refractivity contribution in [3.8, 4) is 0 Å². The van der Waals surface area contributed by atoms with Gasteiger partial charge < -0.3 is 15.0 Å². The first-order valence-electron chi connectivity index (χ1n) is 9.82. The number of hydrogen-bond donors (Lipinski definition) is 1. The second-order valence-electron chi connectivity index (χ2n) is 8.00. The van der Waals surface area contributed by atoms with Crippen molar-refractivity contribution >= 4 is 15.8 Å². The standard InChI is InChI=1S/C18H33N3O3S/c1-21(13-15-6-9-24-10-7-15)18(20-17-4-2-3-5-17)19-12-16-8-11-25(22,23)14-16/h15-17H,2-14H2,1H3,(H,19,20). The summed E-state index contributed by atoms with van der Waals surface area (Å²) in [5.74, 6) is 2.43. The summed E-state index contributed by atoms with van der Waals surface area (Å²) in [7, 11) is -0.713. The molecule has 0 bridgehead atoms. The van der Waals surface area contributed by atoms with Gasteiger partial charge in [-0.2, -0.15) is 0 Å². The van der Waals surface area contributed by atoms with Crippen molar-refractivity contribution < 1.29 is 13.2 Å². The summed E-state index contributed by atoms with van der Waals surface area (Å²) >= 11 is 0. The van der Waals surface area contributed by atoms with E-state index >= 15 is 0 Å². The van der Waals surface area contributed by atoms with Crippen LogP contribution in [0.15, 0.2) is 4.99 Å². The SMILES string of the molecule is CN(CC1CCOCC1)C(=NCC1CCS(=O)(=O)C1)NC1CCCC1. The summed E-state index contributed by atoms with van der Waals surface area (Å²) in [4.78, 5) is 7.08. The number of guanidine groups is 1. The van der Waals surface area contributed by atoms with Crippen LogP contribution < -0.4 is 5.32 Å². The van der Waals surface area contributed by atoms with Crippen LogP contribution in [-0.2, 0) is 14.6 Å². The summed E-state index contributed by atoms with van der Waals surface area (Å²) in [6.07, 6.45) is 7.98. The highest BCUT2D eigenvalue weighted by molar-refractivity contribution is 7.91. The number of rotatable bonds is 5. The molecule has 7 heteroatoms. The van der Waals surface area contributed by atoms with Crippen molar-refractivity contribution in [2.75, 3.05) is 44.9 Å². The van der Waals surface area contributed by atoms with Gasteiger partial charge in [-0.25, -0.2) is 8.42 Å². The van der Waals surface area contributed by atoms with Crippen LogP contribution in [0.2, 0.25) is 0 Å². The number of hydrogen-bond acceptors (Lipinski definition) is 4. The van der Waals surface area contributed by atoms with Gasteiger partial charge in [-0.1, -0.05) is 12.8 Å². The van der Waals surface area contributed by atoms with Crippen molar-refractivity contribution in [2.24, 2.45) is 16.8 Å². The zero-order valence-corrected chi connectivity index (χ0v) is 16.3. The largest absolute Gasteiger partial charge is 0.381 e. The predicted molar refractivity (Wildman–Crippen MR) is 101 cm³/mol. The zero-order valence-electron chi connectivity index (χ0n) is 15.5. The predicted octanol–water partition coefficient (Wildman–Crippen LogP) is 1.67. The Bertz CT molecular complexity index is 552. The van der Waals surface area contributed by atoms with E-state index in [2.05, 4.69) is 17.3 Å². The van der Waals surface area contributed by atoms with Gasteiger partial charge in [0.25, 0.3) is 0 Å². The molecule has 0 spiro atoms. The summed E-state index contributed by atoms with van der Waals surface area (Å²) < 4.78 is 28.8. The third-order valence-corrected chi connectivity index (χ3v) is 7.59. The molecule has 3 aliphatic rings. The molecular weight excluding hydrogens is 338 g/mol. The lowest BCUT2D eigenvalue weighted by atomic mass is 10.00. The van der Waals surface area contributed by atoms with Gasteiger partial charge in [0.1, 0.15) is 0 Å². The summed E-state index contributed by atoms with van der Waals surface area (Å²) in [6, 6.07) is 0.517. The van der Waals surface area contributed by atoms with Gasteiger partial charge in [0.2, 0.25) is 0 Å². The number of ether oxygens (including phenoxy) is 1. The maximum absolute atomic E-state index is 11.7. The van der Waals surface area contributed by atoms with Gasteiger partial charge in [0.15, 0.2) is 15.8 Å². The minimum Gasteiger partial charge on any atom is -0.381 e. The van der Waals surface area contributed by atoms with Crippen LogP contribution in [0.3, 0.4) is 0 Å². The Morgan fingerprint density at radius 1 is 1.12 bits per heavy atom. The number of aliphatic imine (C=N–C) groups is 1. The molecule has 3 fully saturated rings. The maximum Gasteiger partial charge on any atom is 0.193 e. The van der Waals surface area contributed by atoms with Crippen LogP contribution in [0, 0.1) is 11.8 Å². The van der Waals surface area contributed by atoms with Crippen LogP contribution in [0.5, 0.6) is 0 Å². The monoisotopic (exact) mass is 371 g/mol. The highest BCUT2D eigenvalue weighted by Crippen LogP contribution is 2.21. The highest BCUT2D eigenvalue weighted by atomic mass is 32.2. The summed E-state index contributed by atoms with van der Waals surface area (Å²) in [5.41, 5.74) is 0. The normalized spacial score (nSPS) is 28.4.